The molecule has 1 aliphatic rings. The number of carbonyl (C=O) groups excluding carboxylic acids is 1. The van der Waals surface area contributed by atoms with Gasteiger partial charge < -0.3 is 4.90 Å². The average molecular weight is 372 g/mol. The molecular weight excluding hydrogens is 342 g/mol. The third-order valence-electron chi connectivity index (χ3n) is 4.58. The Bertz CT molecular complexity index is 699. The highest BCUT2D eigenvalue weighted by molar-refractivity contribution is 7.87. The monoisotopic (exact) mass is 371 g/mol. The fourth-order valence-corrected chi connectivity index (χ4v) is 3.80. The first kappa shape index (κ1) is 19.9. The lowest BCUT2D eigenvalue weighted by Gasteiger charge is -2.36. The van der Waals surface area contributed by atoms with Crippen LogP contribution in [0.3, 0.4) is 0 Å². The summed E-state index contributed by atoms with van der Waals surface area (Å²) in [5.74, 6) is 0.0476. The smallest absolute Gasteiger partial charge is 0.278 e. The van der Waals surface area contributed by atoms with Gasteiger partial charge in [0.2, 0.25) is 5.91 Å². The van der Waals surface area contributed by atoms with E-state index >= 15 is 0 Å². The number of likely N-dealkylation sites (tertiary alicyclic amines) is 1. The first-order chi connectivity index (χ1) is 11.7. The number of hydrogen-bond donors (Lipinski definition) is 1. The molecule has 1 aliphatic heterocycles. The minimum atomic E-state index is -3.42. The molecule has 1 N–H and O–H groups in total. The second-order valence-corrected chi connectivity index (χ2v) is 8.76. The molecule has 1 fully saturated rings. The fourth-order valence-electron chi connectivity index (χ4n) is 3.17. The SMILES string of the molecule is Cc1cc(C)n(CC(=O)N2CCCC[C@H]2CCNS(=O)(=O)N(C)C)n1. The Kier molecular flexibility index (Phi) is 6.59. The van der Waals surface area contributed by atoms with E-state index in [-0.39, 0.29) is 18.5 Å². The van der Waals surface area contributed by atoms with E-state index in [1.807, 2.05) is 24.8 Å². The summed E-state index contributed by atoms with van der Waals surface area (Å²) < 4.78 is 29.0. The summed E-state index contributed by atoms with van der Waals surface area (Å²) in [7, 11) is -0.436. The van der Waals surface area contributed by atoms with Gasteiger partial charge in [0, 0.05) is 38.9 Å². The molecule has 0 spiro atoms. The van der Waals surface area contributed by atoms with Crippen LogP contribution in [0.1, 0.15) is 37.1 Å². The lowest BCUT2D eigenvalue weighted by atomic mass is 9.99. The maximum Gasteiger partial charge on any atom is 0.278 e. The van der Waals surface area contributed by atoms with Crippen molar-refractivity contribution in [2.75, 3.05) is 27.2 Å². The molecule has 25 heavy (non-hydrogen) atoms. The van der Waals surface area contributed by atoms with Crippen LogP contribution < -0.4 is 4.72 Å². The Labute approximate surface area is 150 Å². The number of amides is 1. The van der Waals surface area contributed by atoms with Crippen molar-refractivity contribution in [3.8, 4) is 0 Å². The van der Waals surface area contributed by atoms with Gasteiger partial charge >= 0.3 is 0 Å². The molecule has 8 nitrogen and oxygen atoms in total. The first-order valence-corrected chi connectivity index (χ1v) is 10.1. The predicted octanol–water partition coefficient (Wildman–Crippen LogP) is 0.667. The van der Waals surface area contributed by atoms with Gasteiger partial charge in [-0.2, -0.15) is 17.8 Å². The van der Waals surface area contributed by atoms with E-state index in [0.29, 0.717) is 13.0 Å². The number of hydrogen-bond acceptors (Lipinski definition) is 4. The Morgan fingerprint density at radius 1 is 1.36 bits per heavy atom. The number of nitrogens with zero attached hydrogens (tertiary/aromatic N) is 4. The van der Waals surface area contributed by atoms with Crippen molar-refractivity contribution >= 4 is 16.1 Å². The van der Waals surface area contributed by atoms with Crippen LogP contribution in [0, 0.1) is 13.8 Å². The van der Waals surface area contributed by atoms with E-state index in [0.717, 1.165) is 41.5 Å². The summed E-state index contributed by atoms with van der Waals surface area (Å²) in [5.41, 5.74) is 1.87. The number of rotatable bonds is 7. The van der Waals surface area contributed by atoms with Gasteiger partial charge in [0.15, 0.2) is 0 Å². The minimum Gasteiger partial charge on any atom is -0.338 e. The second kappa shape index (κ2) is 8.29. The topological polar surface area (TPSA) is 87.5 Å². The number of piperidine rings is 1. The average Bonchev–Trinajstić information content (AvgIpc) is 2.85. The van der Waals surface area contributed by atoms with Crippen molar-refractivity contribution in [1.29, 1.82) is 0 Å². The van der Waals surface area contributed by atoms with Crippen molar-refractivity contribution in [1.82, 2.24) is 23.7 Å². The van der Waals surface area contributed by atoms with Crippen LogP contribution in [0.4, 0.5) is 0 Å². The van der Waals surface area contributed by atoms with Gasteiger partial charge in [-0.05, 0) is 45.6 Å². The van der Waals surface area contributed by atoms with Crippen molar-refractivity contribution in [3.63, 3.8) is 0 Å². The van der Waals surface area contributed by atoms with Crippen molar-refractivity contribution < 1.29 is 13.2 Å². The highest BCUT2D eigenvalue weighted by Crippen LogP contribution is 2.20. The minimum absolute atomic E-state index is 0.0476. The van der Waals surface area contributed by atoms with E-state index in [1.54, 1.807) is 4.68 Å². The quantitative estimate of drug-likeness (QED) is 0.763. The zero-order valence-electron chi connectivity index (χ0n) is 15.5. The van der Waals surface area contributed by atoms with Crippen LogP contribution in [0.15, 0.2) is 6.07 Å². The van der Waals surface area contributed by atoms with Crippen LogP contribution in [0.2, 0.25) is 0 Å². The largest absolute Gasteiger partial charge is 0.338 e. The molecule has 0 unspecified atom stereocenters. The second-order valence-electron chi connectivity index (χ2n) is 6.79. The van der Waals surface area contributed by atoms with Gasteiger partial charge in [-0.25, -0.2) is 4.72 Å². The Hall–Kier alpha value is -1.45. The summed E-state index contributed by atoms with van der Waals surface area (Å²) in [4.78, 5) is 14.6. The molecule has 1 aromatic rings. The van der Waals surface area contributed by atoms with E-state index < -0.39 is 10.2 Å². The van der Waals surface area contributed by atoms with Crippen molar-refractivity contribution in [2.45, 2.75) is 52.1 Å². The molecule has 1 amide bonds. The van der Waals surface area contributed by atoms with Gasteiger partial charge in [0.25, 0.3) is 10.2 Å². The van der Waals surface area contributed by atoms with E-state index in [2.05, 4.69) is 9.82 Å². The lowest BCUT2D eigenvalue weighted by Crippen LogP contribution is -2.47. The van der Waals surface area contributed by atoms with Crippen LogP contribution in [-0.2, 0) is 21.5 Å². The molecule has 2 heterocycles. The molecule has 9 heteroatoms. The van der Waals surface area contributed by atoms with Crippen LogP contribution in [-0.4, -0.2) is 66.5 Å². The molecule has 1 saturated heterocycles. The Morgan fingerprint density at radius 3 is 2.68 bits per heavy atom. The highest BCUT2D eigenvalue weighted by Gasteiger charge is 2.27. The van der Waals surface area contributed by atoms with Gasteiger partial charge in [-0.1, -0.05) is 0 Å². The number of aryl methyl sites for hydroxylation is 2. The third-order valence-corrected chi connectivity index (χ3v) is 6.11. The third kappa shape index (κ3) is 5.26. The molecule has 2 rings (SSSR count). The van der Waals surface area contributed by atoms with Crippen molar-refractivity contribution in [2.24, 2.45) is 0 Å². The van der Waals surface area contributed by atoms with E-state index in [9.17, 15) is 13.2 Å². The van der Waals surface area contributed by atoms with Gasteiger partial charge in [-0.3, -0.25) is 9.48 Å². The standard InChI is InChI=1S/C16H29N5O3S/c1-13-11-14(2)21(18-13)12-16(22)20-10-6-5-7-15(20)8-9-17-25(23,24)19(3)4/h11,15,17H,5-10,12H2,1-4H3/t15-/m0/s1. The molecule has 0 aromatic carbocycles. The summed E-state index contributed by atoms with van der Waals surface area (Å²) in [6.45, 7) is 5.14. The highest BCUT2D eigenvalue weighted by atomic mass is 32.2. The summed E-state index contributed by atoms with van der Waals surface area (Å²) in [5, 5.41) is 4.36. The Balaban J connectivity index is 1.95. The summed E-state index contributed by atoms with van der Waals surface area (Å²) in [6, 6.07) is 2.03. The molecule has 0 bridgehead atoms. The zero-order chi connectivity index (χ0) is 18.6. The normalized spacial score (nSPS) is 18.8. The van der Waals surface area contributed by atoms with Gasteiger partial charge in [0.05, 0.1) is 5.69 Å². The zero-order valence-corrected chi connectivity index (χ0v) is 16.3. The van der Waals surface area contributed by atoms with Crippen molar-refractivity contribution in [3.05, 3.63) is 17.5 Å². The molecule has 1 aromatic heterocycles. The lowest BCUT2D eigenvalue weighted by molar-refractivity contribution is -0.135. The predicted molar refractivity (Wildman–Crippen MR) is 96.3 cm³/mol. The number of aromatic nitrogens is 2. The molecule has 0 radical (unpaired) electrons. The molecule has 1 atom stereocenters. The maximum absolute atomic E-state index is 12.7. The summed E-state index contributed by atoms with van der Waals surface area (Å²) >= 11 is 0. The molecule has 0 aliphatic carbocycles. The molecule has 0 saturated carbocycles. The number of nitrogens with one attached hydrogen (secondary N) is 1. The Morgan fingerprint density at radius 2 is 2.08 bits per heavy atom. The molecular formula is C16H29N5O3S. The van der Waals surface area contributed by atoms with Crippen LogP contribution in [0.25, 0.3) is 0 Å². The first-order valence-electron chi connectivity index (χ1n) is 8.68. The van der Waals surface area contributed by atoms with Gasteiger partial charge in [-0.15, -0.1) is 0 Å². The van der Waals surface area contributed by atoms with Crippen LogP contribution >= 0.6 is 0 Å². The summed E-state index contributed by atoms with van der Waals surface area (Å²) in [6.07, 6.45) is 3.58. The van der Waals surface area contributed by atoms with E-state index in [1.165, 1.54) is 14.1 Å². The number of carbonyl (C=O) groups is 1. The maximum atomic E-state index is 12.7. The van der Waals surface area contributed by atoms with E-state index in [4.69, 9.17) is 0 Å². The fraction of sp³-hybridized carbons (Fsp3) is 0.750. The van der Waals surface area contributed by atoms with Gasteiger partial charge in [0.1, 0.15) is 6.54 Å². The molecule has 142 valence electrons. The van der Waals surface area contributed by atoms with Crippen LogP contribution in [0.5, 0.6) is 0 Å².